The van der Waals surface area contributed by atoms with Gasteiger partial charge in [-0.25, -0.2) is 0 Å². The number of benzene rings is 2. The average Bonchev–Trinajstić information content (AvgIpc) is 3.12. The quantitative estimate of drug-likeness (QED) is 0.495. The summed E-state index contributed by atoms with van der Waals surface area (Å²) in [4.78, 5) is 5.62. The fourth-order valence-corrected chi connectivity index (χ4v) is 6.67. The van der Waals surface area contributed by atoms with Gasteiger partial charge >= 0.3 is 6.36 Å². The maximum atomic E-state index is 12.6. The normalized spacial score (nSPS) is 30.3. The lowest BCUT2D eigenvalue weighted by atomic mass is 9.55. The van der Waals surface area contributed by atoms with Gasteiger partial charge in [-0.05, 0) is 90.7 Å². The predicted octanol–water partition coefficient (Wildman–Crippen LogP) is 5.89. The standard InChI is InChI=1S/C27H30F3NO5/c1-26-9-8-17-18-13-24(34-2)23(32)12-20(18)22(11-19(17)21(26)6-7-25(26)33)31-35-14-15-4-3-5-16(10-15)36-27(28,29)30/h3-5,10,12-13,17,19,21,25,32-33H,6-9,11,14H2,1-2H3/t17-,19-,21+,25+,26+/m1/s1. The summed E-state index contributed by atoms with van der Waals surface area (Å²) >= 11 is 0. The Morgan fingerprint density at radius 1 is 1.14 bits per heavy atom. The van der Waals surface area contributed by atoms with Crippen LogP contribution in [-0.4, -0.2) is 35.5 Å². The van der Waals surface area contributed by atoms with E-state index in [1.54, 1.807) is 12.1 Å². The van der Waals surface area contributed by atoms with Crippen molar-refractivity contribution < 1.29 is 37.7 Å². The highest BCUT2D eigenvalue weighted by atomic mass is 19.4. The number of alkyl halides is 3. The third-order valence-electron chi connectivity index (χ3n) is 8.42. The van der Waals surface area contributed by atoms with Crippen LogP contribution in [0.4, 0.5) is 13.2 Å². The maximum Gasteiger partial charge on any atom is 0.573 e. The number of phenols is 1. The highest BCUT2D eigenvalue weighted by Gasteiger charge is 2.55. The summed E-state index contributed by atoms with van der Waals surface area (Å²) in [6, 6.07) is 9.13. The van der Waals surface area contributed by atoms with Crippen LogP contribution in [0.5, 0.6) is 17.2 Å². The van der Waals surface area contributed by atoms with E-state index in [1.807, 2.05) is 6.07 Å². The number of rotatable bonds is 5. The molecule has 36 heavy (non-hydrogen) atoms. The zero-order valence-corrected chi connectivity index (χ0v) is 20.2. The van der Waals surface area contributed by atoms with Crippen molar-refractivity contribution in [2.75, 3.05) is 7.11 Å². The largest absolute Gasteiger partial charge is 0.573 e. The van der Waals surface area contributed by atoms with E-state index in [2.05, 4.69) is 16.8 Å². The SMILES string of the molecule is COc1cc2c(cc1O)C(=NOCc1cccc(OC(F)(F)F)c1)C[C@@H]1[C@@H]2CC[C@]2(C)[C@@H](O)CC[C@@H]12. The number of ether oxygens (including phenoxy) is 2. The molecule has 2 aromatic rings. The summed E-state index contributed by atoms with van der Waals surface area (Å²) in [6.07, 6.45) is -0.861. The zero-order valence-electron chi connectivity index (χ0n) is 20.2. The summed E-state index contributed by atoms with van der Waals surface area (Å²) in [5.41, 5.74) is 2.87. The van der Waals surface area contributed by atoms with Crippen LogP contribution in [0.15, 0.2) is 41.6 Å². The van der Waals surface area contributed by atoms with Crippen molar-refractivity contribution in [1.29, 1.82) is 0 Å². The Kier molecular flexibility index (Phi) is 6.31. The van der Waals surface area contributed by atoms with Crippen LogP contribution in [-0.2, 0) is 11.4 Å². The fourth-order valence-electron chi connectivity index (χ4n) is 6.67. The second-order valence-electron chi connectivity index (χ2n) is 10.3. The molecule has 2 saturated carbocycles. The van der Waals surface area contributed by atoms with E-state index in [9.17, 15) is 23.4 Å². The van der Waals surface area contributed by atoms with E-state index in [-0.39, 0.29) is 41.5 Å². The van der Waals surface area contributed by atoms with Crippen molar-refractivity contribution >= 4 is 5.71 Å². The lowest BCUT2D eigenvalue weighted by Gasteiger charge is -2.50. The number of aliphatic hydroxyl groups is 1. The van der Waals surface area contributed by atoms with Crippen molar-refractivity contribution in [2.24, 2.45) is 22.4 Å². The fraction of sp³-hybridized carbons (Fsp3) is 0.519. The maximum absolute atomic E-state index is 12.6. The highest BCUT2D eigenvalue weighted by Crippen LogP contribution is 2.61. The van der Waals surface area contributed by atoms with E-state index in [0.717, 1.165) is 36.8 Å². The Bertz CT molecular complexity index is 1170. The molecule has 2 fully saturated rings. The molecule has 3 aliphatic carbocycles. The second-order valence-corrected chi connectivity index (χ2v) is 10.3. The Balaban J connectivity index is 1.43. The van der Waals surface area contributed by atoms with Crippen LogP contribution in [0.25, 0.3) is 0 Å². The molecule has 2 N–H and O–H groups in total. The number of oxime groups is 1. The summed E-state index contributed by atoms with van der Waals surface area (Å²) < 4.78 is 47.0. The van der Waals surface area contributed by atoms with Crippen LogP contribution in [0.1, 0.15) is 61.6 Å². The first kappa shape index (κ1) is 24.7. The first-order valence-corrected chi connectivity index (χ1v) is 12.2. The number of methoxy groups -OCH3 is 1. The number of phenolic OH excluding ortho intramolecular Hbond substituents is 1. The van der Waals surface area contributed by atoms with Gasteiger partial charge in [-0.15, -0.1) is 13.2 Å². The number of aromatic hydroxyl groups is 1. The van der Waals surface area contributed by atoms with Gasteiger partial charge in [0.25, 0.3) is 0 Å². The van der Waals surface area contributed by atoms with E-state index < -0.39 is 6.36 Å². The van der Waals surface area contributed by atoms with Crippen molar-refractivity contribution in [3.05, 3.63) is 53.1 Å². The molecular weight excluding hydrogens is 475 g/mol. The minimum atomic E-state index is -4.77. The number of hydrogen-bond donors (Lipinski definition) is 2. The molecule has 0 spiro atoms. The monoisotopic (exact) mass is 505 g/mol. The molecule has 194 valence electrons. The number of nitrogens with zero attached hydrogens (tertiary/aromatic N) is 1. The van der Waals surface area contributed by atoms with Crippen molar-refractivity contribution in [3.8, 4) is 17.2 Å². The molecule has 0 saturated heterocycles. The van der Waals surface area contributed by atoms with Crippen LogP contribution in [0.2, 0.25) is 0 Å². The third-order valence-corrected chi connectivity index (χ3v) is 8.42. The summed E-state index contributed by atoms with van der Waals surface area (Å²) in [5, 5.41) is 25.6. The molecule has 9 heteroatoms. The van der Waals surface area contributed by atoms with Crippen molar-refractivity contribution in [2.45, 2.75) is 64.0 Å². The first-order valence-electron chi connectivity index (χ1n) is 12.2. The number of halogens is 3. The molecule has 5 atom stereocenters. The summed E-state index contributed by atoms with van der Waals surface area (Å²) in [7, 11) is 1.52. The van der Waals surface area contributed by atoms with Gasteiger partial charge in [0.05, 0.1) is 18.9 Å². The summed E-state index contributed by atoms with van der Waals surface area (Å²) in [5.74, 6) is 0.940. The van der Waals surface area contributed by atoms with Crippen molar-refractivity contribution in [1.82, 2.24) is 0 Å². The molecular formula is C27H30F3NO5. The molecule has 0 aromatic heterocycles. The molecule has 0 heterocycles. The number of aliphatic hydroxyl groups excluding tert-OH is 1. The van der Waals surface area contributed by atoms with E-state index in [1.165, 1.54) is 25.3 Å². The Morgan fingerprint density at radius 2 is 1.94 bits per heavy atom. The van der Waals surface area contributed by atoms with E-state index >= 15 is 0 Å². The van der Waals surface area contributed by atoms with Gasteiger partial charge in [0, 0.05) is 5.56 Å². The Morgan fingerprint density at radius 3 is 2.69 bits per heavy atom. The highest BCUT2D eigenvalue weighted by molar-refractivity contribution is 6.03. The van der Waals surface area contributed by atoms with Gasteiger partial charge in [-0.2, -0.15) is 0 Å². The smallest absolute Gasteiger partial charge is 0.504 e. The predicted molar refractivity (Wildman–Crippen MR) is 126 cm³/mol. The molecule has 0 unspecified atom stereocenters. The Hall–Kier alpha value is -2.94. The van der Waals surface area contributed by atoms with Gasteiger partial charge in [0.2, 0.25) is 0 Å². The van der Waals surface area contributed by atoms with Crippen molar-refractivity contribution in [3.63, 3.8) is 0 Å². The summed E-state index contributed by atoms with van der Waals surface area (Å²) in [6.45, 7) is 2.14. The van der Waals surface area contributed by atoms with Gasteiger partial charge in [0.1, 0.15) is 12.4 Å². The molecule has 6 nitrogen and oxygen atoms in total. The lowest BCUT2D eigenvalue weighted by Crippen LogP contribution is -2.45. The Labute approximate surface area is 207 Å². The van der Waals surface area contributed by atoms with Crippen LogP contribution in [0, 0.1) is 17.3 Å². The zero-order chi connectivity index (χ0) is 25.7. The van der Waals surface area contributed by atoms with Crippen LogP contribution in [0.3, 0.4) is 0 Å². The van der Waals surface area contributed by atoms with Gasteiger partial charge in [-0.1, -0.05) is 24.2 Å². The minimum Gasteiger partial charge on any atom is -0.504 e. The number of fused-ring (bicyclic) bond motifs is 5. The average molecular weight is 506 g/mol. The molecule has 0 amide bonds. The lowest BCUT2D eigenvalue weighted by molar-refractivity contribution is -0.274. The third kappa shape index (κ3) is 4.49. The molecule has 0 bridgehead atoms. The molecule has 0 aliphatic heterocycles. The van der Waals surface area contributed by atoms with E-state index in [4.69, 9.17) is 9.57 Å². The molecule has 0 radical (unpaired) electrons. The van der Waals surface area contributed by atoms with Crippen LogP contribution >= 0.6 is 0 Å². The van der Waals surface area contributed by atoms with Crippen LogP contribution < -0.4 is 9.47 Å². The van der Waals surface area contributed by atoms with Gasteiger partial charge in [0.15, 0.2) is 11.5 Å². The minimum absolute atomic E-state index is 0.0105. The molecule has 2 aromatic carbocycles. The second kappa shape index (κ2) is 9.18. The molecule has 3 aliphatic rings. The number of hydrogen-bond acceptors (Lipinski definition) is 6. The van der Waals surface area contributed by atoms with Gasteiger partial charge < -0.3 is 24.5 Å². The molecule has 5 rings (SSSR count). The topological polar surface area (TPSA) is 80.5 Å². The van der Waals surface area contributed by atoms with Gasteiger partial charge in [-0.3, -0.25) is 0 Å². The van der Waals surface area contributed by atoms with E-state index in [0.29, 0.717) is 29.4 Å². The first-order chi connectivity index (χ1) is 17.1.